The SMILES string of the molecule is COc1ccccc1N(C)S(=O)(=O)c1ccc(C(=O)N[C@H]2CCOC2=O)cc1. The third-order valence-electron chi connectivity index (χ3n) is 4.44. The van der Waals surface area contributed by atoms with Crippen molar-refractivity contribution in [3.8, 4) is 5.75 Å². The van der Waals surface area contributed by atoms with E-state index >= 15 is 0 Å². The van der Waals surface area contributed by atoms with Crippen molar-refractivity contribution in [1.82, 2.24) is 5.32 Å². The molecule has 0 radical (unpaired) electrons. The molecule has 1 aliphatic rings. The molecule has 3 rings (SSSR count). The van der Waals surface area contributed by atoms with Crippen molar-refractivity contribution in [2.75, 3.05) is 25.1 Å². The number of benzene rings is 2. The number of esters is 1. The Morgan fingerprint density at radius 1 is 1.18 bits per heavy atom. The molecule has 0 spiro atoms. The summed E-state index contributed by atoms with van der Waals surface area (Å²) in [5.41, 5.74) is 0.644. The van der Waals surface area contributed by atoms with Gasteiger partial charge in [0.15, 0.2) is 0 Å². The van der Waals surface area contributed by atoms with Crippen LogP contribution in [0.5, 0.6) is 5.75 Å². The molecule has 1 atom stereocenters. The second-order valence-corrected chi connectivity index (χ2v) is 8.12. The van der Waals surface area contributed by atoms with Crippen LogP contribution < -0.4 is 14.4 Å². The molecular weight excluding hydrogens is 384 g/mol. The number of carbonyl (C=O) groups excluding carboxylic acids is 2. The van der Waals surface area contributed by atoms with E-state index in [1.807, 2.05) is 0 Å². The maximum absolute atomic E-state index is 12.9. The highest BCUT2D eigenvalue weighted by Gasteiger charge is 2.28. The number of hydrogen-bond acceptors (Lipinski definition) is 6. The van der Waals surface area contributed by atoms with E-state index in [0.29, 0.717) is 17.9 Å². The first-order valence-electron chi connectivity index (χ1n) is 8.54. The van der Waals surface area contributed by atoms with Gasteiger partial charge in [0, 0.05) is 19.0 Å². The quantitative estimate of drug-likeness (QED) is 0.733. The van der Waals surface area contributed by atoms with Gasteiger partial charge in [-0.15, -0.1) is 0 Å². The van der Waals surface area contributed by atoms with Crippen LogP contribution in [-0.2, 0) is 19.6 Å². The number of rotatable bonds is 6. The molecule has 2 aromatic rings. The van der Waals surface area contributed by atoms with Gasteiger partial charge in [-0.05, 0) is 36.4 Å². The van der Waals surface area contributed by atoms with E-state index in [0.717, 1.165) is 4.31 Å². The average molecular weight is 404 g/mol. The molecule has 0 saturated carbocycles. The maximum Gasteiger partial charge on any atom is 0.328 e. The number of anilines is 1. The number of hydrogen-bond donors (Lipinski definition) is 1. The Labute approximate surface area is 163 Å². The number of cyclic esters (lactones) is 1. The van der Waals surface area contributed by atoms with Gasteiger partial charge in [-0.2, -0.15) is 0 Å². The fourth-order valence-corrected chi connectivity index (χ4v) is 4.03. The lowest BCUT2D eigenvalue weighted by Gasteiger charge is -2.21. The molecule has 0 aliphatic carbocycles. The van der Waals surface area contributed by atoms with Gasteiger partial charge in [-0.25, -0.2) is 13.2 Å². The highest BCUT2D eigenvalue weighted by Crippen LogP contribution is 2.30. The Bertz CT molecular complexity index is 988. The Morgan fingerprint density at radius 3 is 2.46 bits per heavy atom. The first-order chi connectivity index (χ1) is 13.3. The fourth-order valence-electron chi connectivity index (χ4n) is 2.82. The molecule has 9 heteroatoms. The van der Waals surface area contributed by atoms with Crippen LogP contribution >= 0.6 is 0 Å². The Hall–Kier alpha value is -3.07. The lowest BCUT2D eigenvalue weighted by Crippen LogP contribution is -2.37. The summed E-state index contributed by atoms with van der Waals surface area (Å²) in [6, 6.07) is 11.6. The van der Waals surface area contributed by atoms with Crippen molar-refractivity contribution >= 4 is 27.6 Å². The number of ether oxygens (including phenoxy) is 2. The number of amides is 1. The van der Waals surface area contributed by atoms with Crippen molar-refractivity contribution in [2.45, 2.75) is 17.4 Å². The van der Waals surface area contributed by atoms with Crippen LogP contribution in [0.3, 0.4) is 0 Å². The van der Waals surface area contributed by atoms with Gasteiger partial charge in [0.05, 0.1) is 24.3 Å². The predicted octanol–water partition coefficient (Wildman–Crippen LogP) is 1.57. The van der Waals surface area contributed by atoms with E-state index in [-0.39, 0.29) is 17.1 Å². The Morgan fingerprint density at radius 2 is 1.86 bits per heavy atom. The zero-order valence-electron chi connectivity index (χ0n) is 15.4. The van der Waals surface area contributed by atoms with Crippen LogP contribution in [0.25, 0.3) is 0 Å². The summed E-state index contributed by atoms with van der Waals surface area (Å²) >= 11 is 0. The van der Waals surface area contributed by atoms with Crippen molar-refractivity contribution in [3.63, 3.8) is 0 Å². The number of sulfonamides is 1. The molecule has 0 unspecified atom stereocenters. The molecule has 8 nitrogen and oxygen atoms in total. The van der Waals surface area contributed by atoms with Crippen molar-refractivity contribution in [3.05, 3.63) is 54.1 Å². The zero-order valence-corrected chi connectivity index (χ0v) is 16.2. The Kier molecular flexibility index (Phi) is 5.55. The number of methoxy groups -OCH3 is 1. The molecule has 1 amide bonds. The molecule has 0 aromatic heterocycles. The number of carbonyl (C=O) groups is 2. The summed E-state index contributed by atoms with van der Waals surface area (Å²) < 4.78 is 37.0. The first kappa shape index (κ1) is 19.7. The van der Waals surface area contributed by atoms with Gasteiger partial charge in [-0.1, -0.05) is 12.1 Å². The van der Waals surface area contributed by atoms with Gasteiger partial charge >= 0.3 is 5.97 Å². The predicted molar refractivity (Wildman–Crippen MR) is 102 cm³/mol. The standard InChI is InChI=1S/C19H20N2O6S/c1-21(16-5-3-4-6-17(16)26-2)28(24,25)14-9-7-13(8-10-14)18(22)20-15-11-12-27-19(15)23/h3-10,15H,11-12H2,1-2H3,(H,20,22)/t15-/m0/s1. The molecule has 0 bridgehead atoms. The van der Waals surface area contributed by atoms with Gasteiger partial charge < -0.3 is 14.8 Å². The third-order valence-corrected chi connectivity index (χ3v) is 6.23. The van der Waals surface area contributed by atoms with Crippen molar-refractivity contribution in [1.29, 1.82) is 0 Å². The molecule has 1 heterocycles. The summed E-state index contributed by atoms with van der Waals surface area (Å²) in [7, 11) is -0.956. The highest BCUT2D eigenvalue weighted by molar-refractivity contribution is 7.92. The van der Waals surface area contributed by atoms with E-state index in [4.69, 9.17) is 9.47 Å². The van der Waals surface area contributed by atoms with Crippen LogP contribution in [-0.4, -0.2) is 47.1 Å². The van der Waals surface area contributed by atoms with Gasteiger partial charge in [-0.3, -0.25) is 9.10 Å². The second-order valence-electron chi connectivity index (χ2n) is 6.15. The first-order valence-corrected chi connectivity index (χ1v) is 9.98. The molecule has 2 aromatic carbocycles. The molecule has 1 fully saturated rings. The minimum atomic E-state index is -3.85. The highest BCUT2D eigenvalue weighted by atomic mass is 32.2. The van der Waals surface area contributed by atoms with Crippen LogP contribution in [0.2, 0.25) is 0 Å². The van der Waals surface area contributed by atoms with Gasteiger partial charge in [0.1, 0.15) is 11.8 Å². The number of para-hydroxylation sites is 2. The third kappa shape index (κ3) is 3.79. The van der Waals surface area contributed by atoms with Crippen LogP contribution in [0, 0.1) is 0 Å². The molecular formula is C19H20N2O6S. The summed E-state index contributed by atoms with van der Waals surface area (Å²) in [6.07, 6.45) is 0.417. The van der Waals surface area contributed by atoms with E-state index in [1.165, 1.54) is 38.4 Å². The minimum Gasteiger partial charge on any atom is -0.495 e. The van der Waals surface area contributed by atoms with Crippen LogP contribution in [0.4, 0.5) is 5.69 Å². The molecule has 148 valence electrons. The second kappa shape index (κ2) is 7.89. The topological polar surface area (TPSA) is 102 Å². The van der Waals surface area contributed by atoms with E-state index in [9.17, 15) is 18.0 Å². The number of nitrogens with zero attached hydrogens (tertiary/aromatic N) is 1. The molecule has 1 N–H and O–H groups in total. The zero-order chi connectivity index (χ0) is 20.3. The summed E-state index contributed by atoms with van der Waals surface area (Å²) in [5.74, 6) is -0.509. The van der Waals surface area contributed by atoms with E-state index < -0.39 is 27.9 Å². The molecule has 1 aliphatic heterocycles. The monoisotopic (exact) mass is 404 g/mol. The largest absolute Gasteiger partial charge is 0.495 e. The summed E-state index contributed by atoms with van der Waals surface area (Å²) in [5, 5.41) is 2.58. The van der Waals surface area contributed by atoms with Crippen LogP contribution in [0.15, 0.2) is 53.4 Å². The van der Waals surface area contributed by atoms with Crippen LogP contribution in [0.1, 0.15) is 16.8 Å². The number of nitrogens with one attached hydrogen (secondary N) is 1. The Balaban J connectivity index is 1.79. The lowest BCUT2D eigenvalue weighted by molar-refractivity contribution is -0.139. The van der Waals surface area contributed by atoms with E-state index in [2.05, 4.69) is 5.32 Å². The van der Waals surface area contributed by atoms with E-state index in [1.54, 1.807) is 24.3 Å². The fraction of sp³-hybridized carbons (Fsp3) is 0.263. The average Bonchev–Trinajstić information content (AvgIpc) is 3.11. The maximum atomic E-state index is 12.9. The summed E-state index contributed by atoms with van der Waals surface area (Å²) in [4.78, 5) is 23.7. The normalized spacial score (nSPS) is 16.4. The van der Waals surface area contributed by atoms with Gasteiger partial charge in [0.2, 0.25) is 0 Å². The lowest BCUT2D eigenvalue weighted by atomic mass is 10.2. The van der Waals surface area contributed by atoms with Crippen molar-refractivity contribution in [2.24, 2.45) is 0 Å². The molecule has 28 heavy (non-hydrogen) atoms. The molecule has 1 saturated heterocycles. The van der Waals surface area contributed by atoms with Crippen molar-refractivity contribution < 1.29 is 27.5 Å². The summed E-state index contributed by atoms with van der Waals surface area (Å²) in [6.45, 7) is 0.274. The smallest absolute Gasteiger partial charge is 0.328 e. The minimum absolute atomic E-state index is 0.0257. The van der Waals surface area contributed by atoms with Gasteiger partial charge in [0.25, 0.3) is 15.9 Å².